The van der Waals surface area contributed by atoms with Crippen molar-refractivity contribution in [1.82, 2.24) is 9.80 Å². The molecular formula is C10H21N3OS. The Labute approximate surface area is 97.0 Å². The number of nitrogens with zero attached hydrogens (tertiary/aromatic N) is 2. The molecule has 0 aliphatic carbocycles. The van der Waals surface area contributed by atoms with Gasteiger partial charge in [-0.1, -0.05) is 12.2 Å². The molecule has 1 heterocycles. The predicted octanol–water partition coefficient (Wildman–Crippen LogP) is -0.341. The lowest BCUT2D eigenvalue weighted by molar-refractivity contribution is 0.0762. The van der Waals surface area contributed by atoms with Crippen molar-refractivity contribution in [2.75, 3.05) is 32.7 Å². The van der Waals surface area contributed by atoms with Crippen LogP contribution in [0.5, 0.6) is 0 Å². The standard InChI is InChI=1S/C10H21N3OS/c1-8(14)7-12-3-5-13(6-4-12)9(2)10(11)15/h8-9,14H,3-7H2,1-2H3,(H2,11,15). The van der Waals surface area contributed by atoms with Gasteiger partial charge in [-0.05, 0) is 13.8 Å². The molecule has 0 aromatic carbocycles. The Balaban J connectivity index is 2.32. The summed E-state index contributed by atoms with van der Waals surface area (Å²) in [5, 5.41) is 9.27. The summed E-state index contributed by atoms with van der Waals surface area (Å²) in [6, 6.07) is 0.189. The Hall–Kier alpha value is -0.230. The average Bonchev–Trinajstić information content (AvgIpc) is 2.17. The minimum atomic E-state index is -0.246. The molecule has 0 amide bonds. The smallest absolute Gasteiger partial charge is 0.0899 e. The second-order valence-electron chi connectivity index (χ2n) is 4.26. The Morgan fingerprint density at radius 1 is 1.33 bits per heavy atom. The second-order valence-corrected chi connectivity index (χ2v) is 4.74. The Kier molecular flexibility index (Phi) is 4.92. The third-order valence-corrected chi connectivity index (χ3v) is 3.23. The molecule has 88 valence electrons. The molecular weight excluding hydrogens is 210 g/mol. The van der Waals surface area contributed by atoms with Gasteiger partial charge in [-0.3, -0.25) is 9.80 Å². The summed E-state index contributed by atoms with van der Waals surface area (Å²) in [5.41, 5.74) is 5.62. The number of rotatable bonds is 4. The van der Waals surface area contributed by atoms with Crippen molar-refractivity contribution in [3.05, 3.63) is 0 Å². The molecule has 1 fully saturated rings. The van der Waals surface area contributed by atoms with E-state index < -0.39 is 0 Å². The number of β-amino-alcohol motifs (C(OH)–C–C–N with tert-alkyl or cyclic N) is 1. The van der Waals surface area contributed by atoms with Crippen LogP contribution < -0.4 is 5.73 Å². The van der Waals surface area contributed by atoms with Crippen molar-refractivity contribution in [3.8, 4) is 0 Å². The van der Waals surface area contributed by atoms with E-state index >= 15 is 0 Å². The first-order valence-corrected chi connectivity index (χ1v) is 5.85. The number of nitrogens with two attached hydrogens (primary N) is 1. The number of thiocarbonyl (C=S) groups is 1. The lowest BCUT2D eigenvalue weighted by Crippen LogP contribution is -2.53. The van der Waals surface area contributed by atoms with Crippen LogP contribution in [0.15, 0.2) is 0 Å². The lowest BCUT2D eigenvalue weighted by Gasteiger charge is -2.38. The van der Waals surface area contributed by atoms with Gasteiger partial charge in [0.15, 0.2) is 0 Å². The van der Waals surface area contributed by atoms with Gasteiger partial charge in [0.25, 0.3) is 0 Å². The molecule has 3 N–H and O–H groups in total. The Bertz CT molecular complexity index is 215. The molecule has 2 atom stereocenters. The molecule has 0 spiro atoms. The van der Waals surface area contributed by atoms with Gasteiger partial charge in [-0.2, -0.15) is 0 Å². The van der Waals surface area contributed by atoms with E-state index in [1.54, 1.807) is 0 Å². The maximum Gasteiger partial charge on any atom is 0.0899 e. The number of aliphatic hydroxyl groups excluding tert-OH is 1. The predicted molar refractivity (Wildman–Crippen MR) is 65.9 cm³/mol. The Morgan fingerprint density at radius 3 is 2.27 bits per heavy atom. The van der Waals surface area contributed by atoms with Crippen molar-refractivity contribution >= 4 is 17.2 Å². The highest BCUT2D eigenvalue weighted by molar-refractivity contribution is 7.80. The van der Waals surface area contributed by atoms with E-state index in [0.717, 1.165) is 32.7 Å². The first-order valence-electron chi connectivity index (χ1n) is 5.44. The zero-order valence-corrected chi connectivity index (χ0v) is 10.3. The summed E-state index contributed by atoms with van der Waals surface area (Å²) in [6.07, 6.45) is -0.246. The summed E-state index contributed by atoms with van der Waals surface area (Å²) in [5.74, 6) is 0. The highest BCUT2D eigenvalue weighted by atomic mass is 32.1. The van der Waals surface area contributed by atoms with E-state index in [-0.39, 0.29) is 12.1 Å². The van der Waals surface area contributed by atoms with E-state index in [1.165, 1.54) is 0 Å². The van der Waals surface area contributed by atoms with Crippen molar-refractivity contribution in [1.29, 1.82) is 0 Å². The van der Waals surface area contributed by atoms with E-state index in [2.05, 4.69) is 9.80 Å². The van der Waals surface area contributed by atoms with Gasteiger partial charge in [0, 0.05) is 32.7 Å². The van der Waals surface area contributed by atoms with Crippen LogP contribution in [0.1, 0.15) is 13.8 Å². The maximum absolute atomic E-state index is 9.27. The van der Waals surface area contributed by atoms with Gasteiger partial charge in [0.1, 0.15) is 0 Å². The summed E-state index contributed by atoms with van der Waals surface area (Å²) < 4.78 is 0. The minimum absolute atomic E-state index is 0.189. The van der Waals surface area contributed by atoms with Gasteiger partial charge in [-0.15, -0.1) is 0 Å². The number of piperazine rings is 1. The Morgan fingerprint density at radius 2 is 1.87 bits per heavy atom. The molecule has 1 aliphatic rings. The lowest BCUT2D eigenvalue weighted by atomic mass is 10.2. The van der Waals surface area contributed by atoms with Crippen LogP contribution in [-0.4, -0.2) is 64.8 Å². The van der Waals surface area contributed by atoms with Gasteiger partial charge >= 0.3 is 0 Å². The van der Waals surface area contributed by atoms with E-state index in [0.29, 0.717) is 4.99 Å². The van der Waals surface area contributed by atoms with E-state index in [4.69, 9.17) is 18.0 Å². The van der Waals surface area contributed by atoms with E-state index in [1.807, 2.05) is 13.8 Å². The first kappa shape index (κ1) is 12.8. The SMILES string of the molecule is CC(O)CN1CCN(C(C)C(N)=S)CC1. The number of hydrogen-bond acceptors (Lipinski definition) is 4. The molecule has 0 saturated carbocycles. The summed E-state index contributed by atoms with van der Waals surface area (Å²) in [4.78, 5) is 5.13. The number of hydrogen-bond donors (Lipinski definition) is 2. The first-order chi connectivity index (χ1) is 7.00. The topological polar surface area (TPSA) is 52.7 Å². The van der Waals surface area contributed by atoms with Gasteiger partial charge in [-0.25, -0.2) is 0 Å². The molecule has 0 radical (unpaired) electrons. The molecule has 2 unspecified atom stereocenters. The molecule has 1 aliphatic heterocycles. The molecule has 0 aromatic rings. The van der Waals surface area contributed by atoms with Crippen LogP contribution in [0.25, 0.3) is 0 Å². The van der Waals surface area contributed by atoms with Crippen molar-refractivity contribution in [3.63, 3.8) is 0 Å². The quantitative estimate of drug-likeness (QED) is 0.648. The largest absolute Gasteiger partial charge is 0.392 e. The summed E-state index contributed by atoms with van der Waals surface area (Å²) in [6.45, 7) is 8.55. The van der Waals surface area contributed by atoms with Gasteiger partial charge in [0.2, 0.25) is 0 Å². The fourth-order valence-corrected chi connectivity index (χ4v) is 2.04. The highest BCUT2D eigenvalue weighted by Gasteiger charge is 2.22. The molecule has 1 saturated heterocycles. The van der Waals surface area contributed by atoms with Crippen LogP contribution >= 0.6 is 12.2 Å². The molecule has 5 heteroatoms. The molecule has 1 rings (SSSR count). The monoisotopic (exact) mass is 231 g/mol. The molecule has 0 bridgehead atoms. The van der Waals surface area contributed by atoms with Crippen molar-refractivity contribution in [2.45, 2.75) is 26.0 Å². The van der Waals surface area contributed by atoms with Crippen molar-refractivity contribution in [2.24, 2.45) is 5.73 Å². The third-order valence-electron chi connectivity index (χ3n) is 2.89. The van der Waals surface area contributed by atoms with Crippen molar-refractivity contribution < 1.29 is 5.11 Å². The minimum Gasteiger partial charge on any atom is -0.392 e. The van der Waals surface area contributed by atoms with Gasteiger partial charge < -0.3 is 10.8 Å². The highest BCUT2D eigenvalue weighted by Crippen LogP contribution is 2.07. The fourth-order valence-electron chi connectivity index (χ4n) is 1.89. The van der Waals surface area contributed by atoms with Crippen LogP contribution in [0, 0.1) is 0 Å². The fraction of sp³-hybridized carbons (Fsp3) is 0.900. The van der Waals surface area contributed by atoms with Crippen LogP contribution in [0.4, 0.5) is 0 Å². The third kappa shape index (κ3) is 4.03. The maximum atomic E-state index is 9.27. The van der Waals surface area contributed by atoms with Gasteiger partial charge in [0.05, 0.1) is 17.1 Å². The van der Waals surface area contributed by atoms with E-state index in [9.17, 15) is 5.11 Å². The summed E-state index contributed by atoms with van der Waals surface area (Å²) in [7, 11) is 0. The molecule has 15 heavy (non-hydrogen) atoms. The van der Waals surface area contributed by atoms with Crippen LogP contribution in [-0.2, 0) is 0 Å². The number of aliphatic hydroxyl groups is 1. The average molecular weight is 231 g/mol. The molecule has 0 aromatic heterocycles. The second kappa shape index (κ2) is 5.75. The summed E-state index contributed by atoms with van der Waals surface area (Å²) >= 11 is 4.98. The van der Waals surface area contributed by atoms with Crippen LogP contribution in [0.2, 0.25) is 0 Å². The zero-order valence-electron chi connectivity index (χ0n) is 9.52. The van der Waals surface area contributed by atoms with Crippen LogP contribution in [0.3, 0.4) is 0 Å². The molecule has 4 nitrogen and oxygen atoms in total. The normalized spacial score (nSPS) is 23.7. The zero-order chi connectivity index (χ0) is 11.4.